The number of thiophene rings is 1. The Hall–Kier alpha value is -1.29. The summed E-state index contributed by atoms with van der Waals surface area (Å²) in [6, 6.07) is 2.12. The van der Waals surface area contributed by atoms with Crippen molar-refractivity contribution in [1.29, 1.82) is 0 Å². The Balaban J connectivity index is 1.65. The van der Waals surface area contributed by atoms with E-state index in [0.717, 1.165) is 31.4 Å². The average Bonchev–Trinajstić information content (AvgIpc) is 3.16. The first-order valence-electron chi connectivity index (χ1n) is 7.55. The summed E-state index contributed by atoms with van der Waals surface area (Å²) < 4.78 is 30.6. The molecule has 0 aromatic carbocycles. The number of aromatic nitrogens is 2. The fraction of sp³-hybridized carbons (Fsp3) is 0.571. The summed E-state index contributed by atoms with van der Waals surface area (Å²) >= 11 is 1.59. The van der Waals surface area contributed by atoms with Crippen molar-refractivity contribution in [3.8, 4) is 11.4 Å². The van der Waals surface area contributed by atoms with Gasteiger partial charge in [0, 0.05) is 23.5 Å². The number of piperidine rings is 1. The van der Waals surface area contributed by atoms with Crippen molar-refractivity contribution < 1.29 is 12.9 Å². The normalized spacial score (nSPS) is 20.0. The van der Waals surface area contributed by atoms with Gasteiger partial charge in [-0.1, -0.05) is 11.6 Å². The lowest BCUT2D eigenvalue weighted by Crippen LogP contribution is -2.46. The highest BCUT2D eigenvalue weighted by atomic mass is 32.2. The van der Waals surface area contributed by atoms with Crippen LogP contribution in [0.25, 0.3) is 11.4 Å². The Labute approximate surface area is 139 Å². The third-order valence-corrected chi connectivity index (χ3v) is 5.29. The van der Waals surface area contributed by atoms with Gasteiger partial charge in [0.15, 0.2) is 0 Å². The van der Waals surface area contributed by atoms with Crippen molar-refractivity contribution in [3.05, 3.63) is 22.7 Å². The minimum Gasteiger partial charge on any atom is -0.338 e. The van der Waals surface area contributed by atoms with Crippen LogP contribution in [-0.4, -0.2) is 48.8 Å². The molecule has 1 aliphatic heterocycles. The molecule has 0 unspecified atom stereocenters. The Morgan fingerprint density at radius 2 is 2.35 bits per heavy atom. The van der Waals surface area contributed by atoms with Crippen LogP contribution >= 0.6 is 11.3 Å². The monoisotopic (exact) mass is 356 g/mol. The maximum atomic E-state index is 11.3. The highest BCUT2D eigenvalue weighted by Gasteiger charge is 2.25. The molecule has 1 N–H and O–H groups in total. The van der Waals surface area contributed by atoms with Crippen LogP contribution in [0.3, 0.4) is 0 Å². The lowest BCUT2D eigenvalue weighted by molar-refractivity contribution is 0.125. The van der Waals surface area contributed by atoms with E-state index >= 15 is 0 Å². The molecule has 0 radical (unpaired) electrons. The second-order valence-corrected chi connectivity index (χ2v) is 8.38. The molecule has 1 saturated heterocycles. The smallest absolute Gasteiger partial charge is 0.241 e. The van der Waals surface area contributed by atoms with E-state index in [1.54, 1.807) is 11.3 Å². The third kappa shape index (κ3) is 4.60. The fourth-order valence-electron chi connectivity index (χ4n) is 2.75. The molecular formula is C14H20N4O3S2. The molecule has 9 heteroatoms. The molecule has 3 heterocycles. The molecule has 2 aromatic rings. The quantitative estimate of drug-likeness (QED) is 0.847. The van der Waals surface area contributed by atoms with Crippen molar-refractivity contribution >= 4 is 21.4 Å². The number of hydrogen-bond acceptors (Lipinski definition) is 7. The Bertz CT molecular complexity index is 727. The highest BCUT2D eigenvalue weighted by Crippen LogP contribution is 2.22. The second-order valence-electron chi connectivity index (χ2n) is 5.76. The van der Waals surface area contributed by atoms with Crippen LogP contribution in [-0.2, 0) is 16.6 Å². The Morgan fingerprint density at radius 1 is 1.48 bits per heavy atom. The largest absolute Gasteiger partial charge is 0.338 e. The lowest BCUT2D eigenvalue weighted by Gasteiger charge is -2.34. The van der Waals surface area contributed by atoms with Gasteiger partial charge in [-0.2, -0.15) is 16.3 Å². The van der Waals surface area contributed by atoms with Crippen molar-refractivity contribution in [2.45, 2.75) is 31.8 Å². The fourth-order valence-corrected chi connectivity index (χ4v) is 3.88. The van der Waals surface area contributed by atoms with Crippen LogP contribution in [0.5, 0.6) is 0 Å². The third-order valence-electron chi connectivity index (χ3n) is 3.92. The number of nitrogens with zero attached hydrogens (tertiary/aromatic N) is 3. The zero-order chi connectivity index (χ0) is 16.3. The van der Waals surface area contributed by atoms with Crippen molar-refractivity contribution in [2.24, 2.45) is 0 Å². The van der Waals surface area contributed by atoms with E-state index < -0.39 is 10.0 Å². The van der Waals surface area contributed by atoms with Gasteiger partial charge in [-0.25, -0.2) is 13.1 Å². The molecule has 1 fully saturated rings. The second kappa shape index (κ2) is 7.08. The minimum atomic E-state index is -3.17. The zero-order valence-electron chi connectivity index (χ0n) is 12.9. The molecule has 126 valence electrons. The maximum Gasteiger partial charge on any atom is 0.241 e. The standard InChI is InChI=1S/C14H20N4O3S2/c1-23(19,20)15-8-12-4-2-3-6-18(12)9-13-16-14(17-21-13)11-5-7-22-10-11/h5,7,10,12,15H,2-4,6,8-9H2,1H3/t12-/m1/s1. The summed E-state index contributed by atoms with van der Waals surface area (Å²) in [5, 5.41) is 7.97. The van der Waals surface area contributed by atoms with E-state index in [9.17, 15) is 8.42 Å². The van der Waals surface area contributed by atoms with Gasteiger partial charge in [-0.05, 0) is 30.8 Å². The molecule has 0 bridgehead atoms. The van der Waals surface area contributed by atoms with Gasteiger partial charge in [-0.3, -0.25) is 4.90 Å². The number of rotatable bonds is 6. The molecule has 0 amide bonds. The topological polar surface area (TPSA) is 88.3 Å². The van der Waals surface area contributed by atoms with Crippen molar-refractivity contribution in [3.63, 3.8) is 0 Å². The number of nitrogens with one attached hydrogen (secondary N) is 1. The molecule has 0 saturated carbocycles. The van der Waals surface area contributed by atoms with E-state index in [4.69, 9.17) is 4.52 Å². The Kier molecular flexibility index (Phi) is 5.10. The first-order chi connectivity index (χ1) is 11.0. The molecule has 1 atom stereocenters. The first-order valence-corrected chi connectivity index (χ1v) is 10.4. The van der Waals surface area contributed by atoms with Gasteiger partial charge < -0.3 is 4.52 Å². The predicted molar refractivity (Wildman–Crippen MR) is 88.5 cm³/mol. The van der Waals surface area contributed by atoms with Gasteiger partial charge in [-0.15, -0.1) is 0 Å². The van der Waals surface area contributed by atoms with Crippen LogP contribution in [0.1, 0.15) is 25.2 Å². The molecule has 1 aliphatic rings. The highest BCUT2D eigenvalue weighted by molar-refractivity contribution is 7.88. The van der Waals surface area contributed by atoms with Crippen LogP contribution in [0.15, 0.2) is 21.3 Å². The Morgan fingerprint density at radius 3 is 3.09 bits per heavy atom. The predicted octanol–water partition coefficient (Wildman–Crippen LogP) is 1.70. The lowest BCUT2D eigenvalue weighted by atomic mass is 10.0. The van der Waals surface area contributed by atoms with E-state index in [2.05, 4.69) is 19.8 Å². The molecule has 2 aromatic heterocycles. The summed E-state index contributed by atoms with van der Waals surface area (Å²) in [6.45, 7) is 1.88. The van der Waals surface area contributed by atoms with Gasteiger partial charge in [0.1, 0.15) is 0 Å². The summed E-state index contributed by atoms with van der Waals surface area (Å²) in [6.07, 6.45) is 4.36. The number of sulfonamides is 1. The minimum absolute atomic E-state index is 0.162. The molecule has 3 rings (SSSR count). The zero-order valence-corrected chi connectivity index (χ0v) is 14.6. The van der Waals surface area contributed by atoms with E-state index in [1.165, 1.54) is 6.26 Å². The maximum absolute atomic E-state index is 11.3. The summed E-state index contributed by atoms with van der Waals surface area (Å²) in [4.78, 5) is 6.65. The van der Waals surface area contributed by atoms with Crippen LogP contribution in [0.2, 0.25) is 0 Å². The van der Waals surface area contributed by atoms with Gasteiger partial charge >= 0.3 is 0 Å². The van der Waals surface area contributed by atoms with E-state index in [1.807, 2.05) is 16.8 Å². The molecule has 23 heavy (non-hydrogen) atoms. The van der Waals surface area contributed by atoms with Gasteiger partial charge in [0.2, 0.25) is 21.7 Å². The SMILES string of the molecule is CS(=O)(=O)NC[C@H]1CCCCN1Cc1nc(-c2ccsc2)no1. The number of likely N-dealkylation sites (tertiary alicyclic amines) is 1. The molecule has 7 nitrogen and oxygen atoms in total. The summed E-state index contributed by atoms with van der Waals surface area (Å²) in [5.74, 6) is 1.17. The van der Waals surface area contributed by atoms with Gasteiger partial charge in [0.25, 0.3) is 0 Å². The molecular weight excluding hydrogens is 336 g/mol. The van der Waals surface area contributed by atoms with Crippen LogP contribution in [0.4, 0.5) is 0 Å². The van der Waals surface area contributed by atoms with E-state index in [0.29, 0.717) is 24.8 Å². The van der Waals surface area contributed by atoms with Gasteiger partial charge in [0.05, 0.1) is 12.8 Å². The number of hydrogen-bond donors (Lipinski definition) is 1. The van der Waals surface area contributed by atoms with E-state index in [-0.39, 0.29) is 6.04 Å². The van der Waals surface area contributed by atoms with Crippen molar-refractivity contribution in [2.75, 3.05) is 19.3 Å². The first kappa shape index (κ1) is 16.6. The van der Waals surface area contributed by atoms with Crippen molar-refractivity contribution in [1.82, 2.24) is 19.8 Å². The summed E-state index contributed by atoms with van der Waals surface area (Å²) in [7, 11) is -3.17. The van der Waals surface area contributed by atoms with Crippen LogP contribution < -0.4 is 4.72 Å². The molecule has 0 aliphatic carbocycles. The average molecular weight is 356 g/mol. The van der Waals surface area contributed by atoms with Crippen LogP contribution in [0, 0.1) is 0 Å². The summed E-state index contributed by atoms with van der Waals surface area (Å²) in [5.41, 5.74) is 0.957. The molecule has 0 spiro atoms.